The van der Waals surface area contributed by atoms with E-state index in [1.54, 1.807) is 7.11 Å². The lowest BCUT2D eigenvalue weighted by Crippen LogP contribution is -2.50. The number of hydrogen-bond donors (Lipinski definition) is 1. The topological polar surface area (TPSA) is 57.0 Å². The molecule has 1 saturated heterocycles. The summed E-state index contributed by atoms with van der Waals surface area (Å²) in [6.07, 6.45) is 1.24. The molecule has 2 unspecified atom stereocenters. The Morgan fingerprint density at radius 1 is 1.35 bits per heavy atom. The molecule has 1 rings (SSSR count). The van der Waals surface area contributed by atoms with Crippen molar-refractivity contribution < 1.29 is 14.2 Å². The van der Waals surface area contributed by atoms with Crippen molar-refractivity contribution in [2.75, 3.05) is 53.2 Å². The van der Waals surface area contributed by atoms with Gasteiger partial charge < -0.3 is 19.9 Å². The summed E-state index contributed by atoms with van der Waals surface area (Å²) < 4.78 is 16.0. The van der Waals surface area contributed by atoms with Gasteiger partial charge in [-0.2, -0.15) is 0 Å². The van der Waals surface area contributed by atoms with Gasteiger partial charge in [-0.05, 0) is 13.3 Å². The Balaban J connectivity index is 2.07. The molecule has 0 aromatic rings. The molecular weight excluding hydrogens is 220 g/mol. The molecule has 5 heteroatoms. The van der Waals surface area contributed by atoms with Crippen LogP contribution in [0.15, 0.2) is 0 Å². The smallest absolute Gasteiger partial charge is 0.0824 e. The highest BCUT2D eigenvalue weighted by molar-refractivity contribution is 4.77. The second-order valence-corrected chi connectivity index (χ2v) is 4.49. The van der Waals surface area contributed by atoms with Gasteiger partial charge in [-0.25, -0.2) is 0 Å². The van der Waals surface area contributed by atoms with E-state index in [1.165, 1.54) is 0 Å². The fourth-order valence-corrected chi connectivity index (χ4v) is 1.94. The summed E-state index contributed by atoms with van der Waals surface area (Å²) in [6.45, 7) is 7.72. The summed E-state index contributed by atoms with van der Waals surface area (Å²) in [6, 6.07) is 0.483. The van der Waals surface area contributed by atoms with E-state index in [9.17, 15) is 0 Å². The number of nitrogens with zero attached hydrogens (tertiary/aromatic N) is 1. The quantitative estimate of drug-likeness (QED) is 0.615. The van der Waals surface area contributed by atoms with Crippen molar-refractivity contribution in [3.63, 3.8) is 0 Å². The van der Waals surface area contributed by atoms with Crippen LogP contribution in [0.5, 0.6) is 0 Å². The van der Waals surface area contributed by atoms with Crippen molar-refractivity contribution in [1.82, 2.24) is 4.90 Å². The largest absolute Gasteiger partial charge is 0.382 e. The third-order valence-electron chi connectivity index (χ3n) is 3.06. The lowest BCUT2D eigenvalue weighted by molar-refractivity contribution is -0.0558. The Morgan fingerprint density at radius 2 is 2.18 bits per heavy atom. The molecule has 0 bridgehead atoms. The normalized spacial score (nSPS) is 26.3. The minimum Gasteiger partial charge on any atom is -0.382 e. The number of nitrogens with two attached hydrogens (primary N) is 1. The van der Waals surface area contributed by atoms with Gasteiger partial charge in [-0.1, -0.05) is 0 Å². The average Bonchev–Trinajstić information content (AvgIpc) is 2.35. The van der Waals surface area contributed by atoms with Crippen LogP contribution in [0.2, 0.25) is 0 Å². The van der Waals surface area contributed by atoms with Gasteiger partial charge in [0.15, 0.2) is 0 Å². The summed E-state index contributed by atoms with van der Waals surface area (Å²) in [5, 5.41) is 0. The standard InChI is InChI=1S/C12H26N2O3/c1-11-10-17-12(8-13)9-14(11)4-3-5-16-7-6-15-2/h11-12H,3-10,13H2,1-2H3. The zero-order valence-electron chi connectivity index (χ0n) is 11.1. The minimum atomic E-state index is 0.195. The van der Waals surface area contributed by atoms with E-state index in [2.05, 4.69) is 11.8 Å². The van der Waals surface area contributed by atoms with Crippen LogP contribution in [0.1, 0.15) is 13.3 Å². The van der Waals surface area contributed by atoms with Gasteiger partial charge in [-0.15, -0.1) is 0 Å². The number of morpholine rings is 1. The third-order valence-corrected chi connectivity index (χ3v) is 3.06. The number of methoxy groups -OCH3 is 1. The molecular formula is C12H26N2O3. The van der Waals surface area contributed by atoms with Crippen LogP contribution < -0.4 is 5.73 Å². The monoisotopic (exact) mass is 246 g/mol. The third kappa shape index (κ3) is 5.79. The van der Waals surface area contributed by atoms with Crippen LogP contribution >= 0.6 is 0 Å². The van der Waals surface area contributed by atoms with Crippen LogP contribution in [0.4, 0.5) is 0 Å². The first-order chi connectivity index (χ1) is 8.27. The molecule has 2 N–H and O–H groups in total. The van der Waals surface area contributed by atoms with E-state index in [4.69, 9.17) is 19.9 Å². The second kappa shape index (κ2) is 8.83. The molecule has 1 heterocycles. The SMILES string of the molecule is COCCOCCCN1CC(CN)OCC1C. The summed E-state index contributed by atoms with van der Waals surface area (Å²) >= 11 is 0. The van der Waals surface area contributed by atoms with E-state index >= 15 is 0 Å². The highest BCUT2D eigenvalue weighted by atomic mass is 16.5. The predicted molar refractivity (Wildman–Crippen MR) is 67.1 cm³/mol. The van der Waals surface area contributed by atoms with Crippen molar-refractivity contribution in [3.8, 4) is 0 Å². The van der Waals surface area contributed by atoms with Gasteiger partial charge >= 0.3 is 0 Å². The predicted octanol–water partition coefficient (Wildman–Crippen LogP) is 0.0875. The van der Waals surface area contributed by atoms with Gasteiger partial charge in [0.05, 0.1) is 25.9 Å². The lowest BCUT2D eigenvalue weighted by atomic mass is 10.2. The van der Waals surface area contributed by atoms with E-state index in [1.807, 2.05) is 0 Å². The fourth-order valence-electron chi connectivity index (χ4n) is 1.94. The molecule has 0 saturated carbocycles. The Morgan fingerprint density at radius 3 is 2.88 bits per heavy atom. The van der Waals surface area contributed by atoms with Crippen molar-refractivity contribution >= 4 is 0 Å². The number of rotatable bonds is 8. The van der Waals surface area contributed by atoms with Gasteiger partial charge in [-0.3, -0.25) is 4.90 Å². The summed E-state index contributed by atoms with van der Waals surface area (Å²) in [7, 11) is 1.69. The molecule has 0 aliphatic carbocycles. The molecule has 0 aromatic carbocycles. The molecule has 17 heavy (non-hydrogen) atoms. The van der Waals surface area contributed by atoms with Gasteiger partial charge in [0.1, 0.15) is 0 Å². The maximum absolute atomic E-state index is 5.63. The molecule has 2 atom stereocenters. The van der Waals surface area contributed by atoms with Crippen LogP contribution in [0, 0.1) is 0 Å². The first-order valence-corrected chi connectivity index (χ1v) is 6.40. The Kier molecular flexibility index (Phi) is 7.72. The van der Waals surface area contributed by atoms with Gasteiger partial charge in [0.2, 0.25) is 0 Å². The highest BCUT2D eigenvalue weighted by Crippen LogP contribution is 2.11. The molecule has 0 spiro atoms. The number of ether oxygens (including phenoxy) is 3. The highest BCUT2D eigenvalue weighted by Gasteiger charge is 2.24. The summed E-state index contributed by atoms with van der Waals surface area (Å²) in [4.78, 5) is 2.43. The van der Waals surface area contributed by atoms with Crippen LogP contribution in [-0.2, 0) is 14.2 Å². The lowest BCUT2D eigenvalue weighted by Gasteiger charge is -2.37. The molecule has 5 nitrogen and oxygen atoms in total. The molecule has 102 valence electrons. The minimum absolute atomic E-state index is 0.195. The van der Waals surface area contributed by atoms with Gasteiger partial charge in [0.25, 0.3) is 0 Å². The van der Waals surface area contributed by atoms with Crippen LogP contribution in [0.3, 0.4) is 0 Å². The molecule has 0 amide bonds. The van der Waals surface area contributed by atoms with Crippen molar-refractivity contribution in [2.24, 2.45) is 5.73 Å². The average molecular weight is 246 g/mol. The van der Waals surface area contributed by atoms with E-state index in [0.29, 0.717) is 25.8 Å². The molecule has 0 aromatic heterocycles. The first-order valence-electron chi connectivity index (χ1n) is 6.40. The summed E-state index contributed by atoms with van der Waals surface area (Å²) in [5.41, 5.74) is 5.63. The molecule has 0 radical (unpaired) electrons. The first kappa shape index (κ1) is 14.9. The fraction of sp³-hybridized carbons (Fsp3) is 1.00. The molecule has 1 aliphatic rings. The second-order valence-electron chi connectivity index (χ2n) is 4.49. The zero-order valence-corrected chi connectivity index (χ0v) is 11.1. The molecule has 1 aliphatic heterocycles. The van der Waals surface area contributed by atoms with Crippen molar-refractivity contribution in [3.05, 3.63) is 0 Å². The van der Waals surface area contributed by atoms with Crippen LogP contribution in [-0.4, -0.2) is 70.2 Å². The molecule has 1 fully saturated rings. The Labute approximate surface area is 104 Å². The maximum Gasteiger partial charge on any atom is 0.0824 e. The van der Waals surface area contributed by atoms with E-state index < -0.39 is 0 Å². The number of hydrogen-bond acceptors (Lipinski definition) is 5. The van der Waals surface area contributed by atoms with E-state index in [0.717, 1.165) is 32.7 Å². The van der Waals surface area contributed by atoms with E-state index in [-0.39, 0.29) is 6.10 Å². The zero-order chi connectivity index (χ0) is 12.5. The van der Waals surface area contributed by atoms with Crippen molar-refractivity contribution in [2.45, 2.75) is 25.5 Å². The van der Waals surface area contributed by atoms with Crippen molar-refractivity contribution in [1.29, 1.82) is 0 Å². The van der Waals surface area contributed by atoms with Gasteiger partial charge in [0, 0.05) is 39.4 Å². The Hall–Kier alpha value is -0.200. The summed E-state index contributed by atoms with van der Waals surface area (Å²) in [5.74, 6) is 0. The Bertz CT molecular complexity index is 193. The van der Waals surface area contributed by atoms with Crippen LogP contribution in [0.25, 0.3) is 0 Å². The maximum atomic E-state index is 5.63.